The van der Waals surface area contributed by atoms with Crippen molar-refractivity contribution in [1.29, 1.82) is 0 Å². The van der Waals surface area contributed by atoms with Gasteiger partial charge >= 0.3 is 6.18 Å². The minimum Gasteiger partial charge on any atom is -0.496 e. The van der Waals surface area contributed by atoms with Gasteiger partial charge in [0.15, 0.2) is 0 Å². The second-order valence-electron chi connectivity index (χ2n) is 11.4. The van der Waals surface area contributed by atoms with Crippen molar-refractivity contribution in [2.45, 2.75) is 51.9 Å². The Hall–Kier alpha value is -4.80. The van der Waals surface area contributed by atoms with Gasteiger partial charge < -0.3 is 21.1 Å². The first kappa shape index (κ1) is 29.7. The molecule has 0 fully saturated rings. The maximum atomic E-state index is 13.2. The number of aryl methyl sites for hydroxylation is 2. The Balaban J connectivity index is 1.37. The van der Waals surface area contributed by atoms with Crippen LogP contribution >= 0.6 is 0 Å². The second-order valence-corrected chi connectivity index (χ2v) is 11.4. The van der Waals surface area contributed by atoms with Gasteiger partial charge in [0.1, 0.15) is 22.8 Å². The fraction of sp³-hybridized carbons (Fsp3) is 0.281. The number of hydrogen-bond donors (Lipinski definition) is 3. The molecule has 2 amide bonds. The molecule has 0 aliphatic carbocycles. The van der Waals surface area contributed by atoms with E-state index >= 15 is 0 Å². The number of aromatic nitrogens is 2. The van der Waals surface area contributed by atoms with E-state index in [1.165, 1.54) is 18.7 Å². The van der Waals surface area contributed by atoms with Crippen LogP contribution in [0.25, 0.3) is 11.3 Å². The van der Waals surface area contributed by atoms with Crippen molar-refractivity contribution in [3.63, 3.8) is 0 Å². The van der Waals surface area contributed by atoms with Crippen LogP contribution in [0.5, 0.6) is 5.75 Å². The highest BCUT2D eigenvalue weighted by molar-refractivity contribution is 6.04. The molecule has 11 heteroatoms. The number of halogens is 3. The first-order chi connectivity index (χ1) is 20.3. The minimum absolute atomic E-state index is 0.00537. The fourth-order valence-electron chi connectivity index (χ4n) is 5.08. The summed E-state index contributed by atoms with van der Waals surface area (Å²) in [6.45, 7) is 6.83. The molecule has 8 nitrogen and oxygen atoms in total. The smallest absolute Gasteiger partial charge is 0.416 e. The van der Waals surface area contributed by atoms with Crippen LogP contribution in [0.4, 0.5) is 24.7 Å². The molecule has 3 aromatic carbocycles. The molecule has 5 rings (SSSR count). The molecular formula is C32H32F3N5O3. The highest BCUT2D eigenvalue weighted by Crippen LogP contribution is 2.36. The van der Waals surface area contributed by atoms with E-state index in [4.69, 9.17) is 15.6 Å². The van der Waals surface area contributed by atoms with Gasteiger partial charge in [-0.1, -0.05) is 45.0 Å². The first-order valence-corrected chi connectivity index (χ1v) is 13.7. The van der Waals surface area contributed by atoms with Crippen molar-refractivity contribution < 1.29 is 27.5 Å². The van der Waals surface area contributed by atoms with Gasteiger partial charge in [-0.05, 0) is 59.4 Å². The normalized spacial score (nSPS) is 12.9. The van der Waals surface area contributed by atoms with Gasteiger partial charge in [-0.25, -0.2) is 4.68 Å². The highest BCUT2D eigenvalue weighted by Gasteiger charge is 2.31. The van der Waals surface area contributed by atoms with Crippen LogP contribution in [0, 0.1) is 0 Å². The molecule has 4 N–H and O–H groups in total. The van der Waals surface area contributed by atoms with Crippen molar-refractivity contribution >= 4 is 23.3 Å². The summed E-state index contributed by atoms with van der Waals surface area (Å²) in [6, 6.07) is 15.8. The predicted molar refractivity (Wildman–Crippen MR) is 157 cm³/mol. The molecule has 0 unspecified atom stereocenters. The van der Waals surface area contributed by atoms with Crippen molar-refractivity contribution in [1.82, 2.24) is 15.1 Å². The molecular weight excluding hydrogens is 559 g/mol. The lowest BCUT2D eigenvalue weighted by molar-refractivity contribution is -0.137. The lowest BCUT2D eigenvalue weighted by Gasteiger charge is -2.21. The van der Waals surface area contributed by atoms with Crippen molar-refractivity contribution in [3.8, 4) is 17.0 Å². The SMILES string of the molecule is COc1ccc(C(F)(F)F)cc1CNC(=O)c1ccc(-c2nn3c(c2C(N)=O)Nc2ccc(C(C)(C)C)cc2CC3)cc1. The zero-order chi connectivity index (χ0) is 31.1. The highest BCUT2D eigenvalue weighted by atomic mass is 19.4. The molecule has 4 aromatic rings. The largest absolute Gasteiger partial charge is 0.496 e. The summed E-state index contributed by atoms with van der Waals surface area (Å²) < 4.78 is 46.4. The topological polar surface area (TPSA) is 111 Å². The monoisotopic (exact) mass is 591 g/mol. The van der Waals surface area contributed by atoms with Crippen LogP contribution in [0.2, 0.25) is 0 Å². The Labute approximate surface area is 247 Å². The van der Waals surface area contributed by atoms with Gasteiger partial charge in [0, 0.05) is 35.5 Å². The molecule has 43 heavy (non-hydrogen) atoms. The molecule has 0 radical (unpaired) electrons. The summed E-state index contributed by atoms with van der Waals surface area (Å²) in [5, 5.41) is 10.7. The number of nitrogens with zero attached hydrogens (tertiary/aromatic N) is 2. The molecule has 0 bridgehead atoms. The maximum Gasteiger partial charge on any atom is 0.416 e. The van der Waals surface area contributed by atoms with E-state index in [0.29, 0.717) is 30.0 Å². The second kappa shape index (κ2) is 11.1. The molecule has 0 saturated carbocycles. The first-order valence-electron chi connectivity index (χ1n) is 13.7. The van der Waals surface area contributed by atoms with Gasteiger partial charge in [-0.15, -0.1) is 0 Å². The van der Waals surface area contributed by atoms with Crippen LogP contribution in [0.3, 0.4) is 0 Å². The molecule has 0 spiro atoms. The van der Waals surface area contributed by atoms with Gasteiger partial charge in [0.05, 0.1) is 12.7 Å². The number of carbonyl (C=O) groups is 2. The summed E-state index contributed by atoms with van der Waals surface area (Å²) in [4.78, 5) is 25.5. The van der Waals surface area contributed by atoms with E-state index in [9.17, 15) is 22.8 Å². The number of alkyl halides is 3. The van der Waals surface area contributed by atoms with Crippen LogP contribution in [0.1, 0.15) is 63.7 Å². The van der Waals surface area contributed by atoms with Crippen molar-refractivity contribution in [3.05, 3.63) is 94.0 Å². The summed E-state index contributed by atoms with van der Waals surface area (Å²) in [6.07, 6.45) is -3.82. The van der Waals surface area contributed by atoms with Crippen LogP contribution in [0.15, 0.2) is 60.7 Å². The Morgan fingerprint density at radius 2 is 1.72 bits per heavy atom. The quantitative estimate of drug-likeness (QED) is 0.247. The average molecular weight is 592 g/mol. The third-order valence-corrected chi connectivity index (χ3v) is 7.48. The molecule has 0 atom stereocenters. The summed E-state index contributed by atoms with van der Waals surface area (Å²) in [5.41, 5.74) is 9.86. The van der Waals surface area contributed by atoms with Crippen LogP contribution in [-0.4, -0.2) is 28.7 Å². The van der Waals surface area contributed by atoms with Gasteiger partial charge in [-0.3, -0.25) is 9.59 Å². The number of hydrogen-bond acceptors (Lipinski definition) is 5. The zero-order valence-electron chi connectivity index (χ0n) is 24.2. The lowest BCUT2D eigenvalue weighted by Crippen LogP contribution is -2.23. The number of nitrogens with two attached hydrogens (primary N) is 1. The van der Waals surface area contributed by atoms with E-state index in [1.807, 2.05) is 6.07 Å². The summed E-state index contributed by atoms with van der Waals surface area (Å²) in [5.74, 6) is -0.403. The van der Waals surface area contributed by atoms with E-state index in [0.717, 1.165) is 23.4 Å². The minimum atomic E-state index is -4.52. The van der Waals surface area contributed by atoms with Crippen LogP contribution in [-0.2, 0) is 31.1 Å². The van der Waals surface area contributed by atoms with Crippen LogP contribution < -0.4 is 21.1 Å². The number of methoxy groups -OCH3 is 1. The fourth-order valence-corrected chi connectivity index (χ4v) is 5.08. The van der Waals surface area contributed by atoms with E-state index < -0.39 is 23.6 Å². The molecule has 1 aliphatic rings. The number of rotatable bonds is 6. The molecule has 2 heterocycles. The van der Waals surface area contributed by atoms with Crippen molar-refractivity contribution in [2.75, 3.05) is 12.4 Å². The summed E-state index contributed by atoms with van der Waals surface area (Å²) >= 11 is 0. The third-order valence-electron chi connectivity index (χ3n) is 7.48. The van der Waals surface area contributed by atoms with E-state index in [2.05, 4.69) is 43.5 Å². The lowest BCUT2D eigenvalue weighted by atomic mass is 9.85. The third kappa shape index (κ3) is 6.06. The molecule has 1 aliphatic heterocycles. The van der Waals surface area contributed by atoms with Gasteiger partial charge in [0.25, 0.3) is 11.8 Å². The molecule has 1 aromatic heterocycles. The Morgan fingerprint density at radius 1 is 1.02 bits per heavy atom. The standard InChI is InChI=1S/C32H32F3N5O3/c1-31(2,3)22-9-11-24-20(15-22)13-14-40-29(38-24)26(28(36)41)27(39-40)18-5-7-19(8-6-18)30(42)37-17-21-16-23(32(33,34)35)10-12-25(21)43-4/h5-12,15-16,38H,13-14,17H2,1-4H3,(H2,36,41)(H,37,42). The molecule has 224 valence electrons. The Bertz CT molecular complexity index is 1700. The number of fused-ring (bicyclic) bond motifs is 2. The number of benzene rings is 3. The van der Waals surface area contributed by atoms with E-state index in [1.54, 1.807) is 28.9 Å². The number of carbonyl (C=O) groups excluding carboxylic acids is 2. The maximum absolute atomic E-state index is 13.2. The van der Waals surface area contributed by atoms with Gasteiger partial charge in [-0.2, -0.15) is 18.3 Å². The predicted octanol–water partition coefficient (Wildman–Crippen LogP) is 6.20. The van der Waals surface area contributed by atoms with E-state index in [-0.39, 0.29) is 34.4 Å². The average Bonchev–Trinajstić information content (AvgIpc) is 3.22. The Morgan fingerprint density at radius 3 is 2.35 bits per heavy atom. The number of primary amides is 1. The molecule has 0 saturated heterocycles. The van der Waals surface area contributed by atoms with Gasteiger partial charge in [0.2, 0.25) is 0 Å². The Kier molecular flexibility index (Phi) is 7.68. The number of nitrogens with one attached hydrogen (secondary N) is 2. The number of anilines is 2. The van der Waals surface area contributed by atoms with Crippen molar-refractivity contribution in [2.24, 2.45) is 5.73 Å². The summed E-state index contributed by atoms with van der Waals surface area (Å²) in [7, 11) is 1.35. The zero-order valence-corrected chi connectivity index (χ0v) is 24.2. The number of amides is 2. The number of ether oxygens (including phenoxy) is 1.